The standard InChI is InChI=1S/C15H10ClFO3S/c1-20-15(19)9-4-2-3-5-13(9)21-14-10(8-18)12(17)7-6-11(14)16/h2-8H,1H3. The third-order valence-corrected chi connectivity index (χ3v) is 4.36. The van der Waals surface area contributed by atoms with Gasteiger partial charge in [-0.2, -0.15) is 0 Å². The zero-order valence-corrected chi connectivity index (χ0v) is 12.5. The molecule has 0 heterocycles. The Labute approximate surface area is 130 Å². The number of rotatable bonds is 4. The van der Waals surface area contributed by atoms with Gasteiger partial charge in [-0.15, -0.1) is 0 Å². The van der Waals surface area contributed by atoms with E-state index in [2.05, 4.69) is 0 Å². The number of benzene rings is 2. The zero-order chi connectivity index (χ0) is 15.4. The average molecular weight is 325 g/mol. The van der Waals surface area contributed by atoms with Gasteiger partial charge in [-0.1, -0.05) is 35.5 Å². The number of carbonyl (C=O) groups excluding carboxylic acids is 2. The predicted octanol–water partition coefficient (Wildman–Crippen LogP) is 4.23. The van der Waals surface area contributed by atoms with Crippen LogP contribution in [0.1, 0.15) is 20.7 Å². The van der Waals surface area contributed by atoms with Crippen LogP contribution in [0.2, 0.25) is 5.02 Å². The summed E-state index contributed by atoms with van der Waals surface area (Å²) in [6.07, 6.45) is 0.407. The third kappa shape index (κ3) is 3.25. The van der Waals surface area contributed by atoms with Crippen molar-refractivity contribution in [2.24, 2.45) is 0 Å². The van der Waals surface area contributed by atoms with Crippen LogP contribution < -0.4 is 0 Å². The van der Waals surface area contributed by atoms with Gasteiger partial charge in [0.05, 0.1) is 23.3 Å². The van der Waals surface area contributed by atoms with Crippen LogP contribution in [0.25, 0.3) is 0 Å². The van der Waals surface area contributed by atoms with Crippen LogP contribution in [0.4, 0.5) is 4.39 Å². The molecule has 2 aromatic carbocycles. The van der Waals surface area contributed by atoms with Crippen molar-refractivity contribution in [3.05, 3.63) is 58.4 Å². The van der Waals surface area contributed by atoms with Gasteiger partial charge in [-0.3, -0.25) is 4.79 Å². The highest BCUT2D eigenvalue weighted by Gasteiger charge is 2.17. The number of hydrogen-bond donors (Lipinski definition) is 0. The second kappa shape index (κ2) is 6.74. The molecule has 0 saturated heterocycles. The van der Waals surface area contributed by atoms with Gasteiger partial charge < -0.3 is 4.74 Å². The maximum Gasteiger partial charge on any atom is 0.339 e. The number of halogens is 2. The Morgan fingerprint density at radius 1 is 1.29 bits per heavy atom. The Hall–Kier alpha value is -1.85. The number of aldehydes is 1. The number of hydrogen-bond acceptors (Lipinski definition) is 4. The number of carbonyl (C=O) groups is 2. The van der Waals surface area contributed by atoms with Crippen LogP contribution in [-0.2, 0) is 4.74 Å². The van der Waals surface area contributed by atoms with E-state index in [1.807, 2.05) is 0 Å². The van der Waals surface area contributed by atoms with E-state index >= 15 is 0 Å². The van der Waals surface area contributed by atoms with Crippen molar-refractivity contribution in [1.29, 1.82) is 0 Å². The third-order valence-electron chi connectivity index (χ3n) is 2.72. The molecule has 0 saturated carbocycles. The van der Waals surface area contributed by atoms with E-state index in [1.54, 1.807) is 24.3 Å². The van der Waals surface area contributed by atoms with Gasteiger partial charge in [-0.05, 0) is 24.3 Å². The summed E-state index contributed by atoms with van der Waals surface area (Å²) in [5.41, 5.74) is 0.189. The lowest BCUT2D eigenvalue weighted by atomic mass is 10.2. The first kappa shape index (κ1) is 15.5. The molecule has 0 aliphatic heterocycles. The number of methoxy groups -OCH3 is 1. The summed E-state index contributed by atoms with van der Waals surface area (Å²) in [7, 11) is 1.27. The molecule has 21 heavy (non-hydrogen) atoms. The summed E-state index contributed by atoms with van der Waals surface area (Å²) in [6.45, 7) is 0. The molecule has 0 unspecified atom stereocenters. The molecule has 0 spiro atoms. The molecule has 0 amide bonds. The van der Waals surface area contributed by atoms with Crippen LogP contribution in [0.5, 0.6) is 0 Å². The van der Waals surface area contributed by atoms with Gasteiger partial charge in [0.1, 0.15) is 5.82 Å². The first-order valence-electron chi connectivity index (χ1n) is 5.87. The lowest BCUT2D eigenvalue weighted by Gasteiger charge is -2.10. The fraction of sp³-hybridized carbons (Fsp3) is 0.0667. The monoisotopic (exact) mass is 324 g/mol. The lowest BCUT2D eigenvalue weighted by molar-refractivity contribution is 0.0596. The second-order valence-electron chi connectivity index (χ2n) is 3.98. The van der Waals surface area contributed by atoms with Gasteiger partial charge in [0.25, 0.3) is 0 Å². The summed E-state index contributed by atoms with van der Waals surface area (Å²) in [5.74, 6) is -1.18. The molecule has 2 rings (SSSR count). The highest BCUT2D eigenvalue weighted by Crippen LogP contribution is 2.38. The maximum atomic E-state index is 13.7. The molecule has 0 aliphatic rings. The summed E-state index contributed by atoms with van der Waals surface area (Å²) in [6, 6.07) is 9.16. The summed E-state index contributed by atoms with van der Waals surface area (Å²) in [4.78, 5) is 23.6. The van der Waals surface area contributed by atoms with Crippen LogP contribution in [-0.4, -0.2) is 19.4 Å². The van der Waals surface area contributed by atoms with Crippen LogP contribution in [0, 0.1) is 5.82 Å². The molecule has 0 aliphatic carbocycles. The molecular weight excluding hydrogens is 315 g/mol. The van der Waals surface area contributed by atoms with E-state index in [-0.39, 0.29) is 15.5 Å². The first-order valence-corrected chi connectivity index (χ1v) is 7.06. The van der Waals surface area contributed by atoms with Crippen LogP contribution in [0.15, 0.2) is 46.2 Å². The van der Waals surface area contributed by atoms with Gasteiger partial charge >= 0.3 is 5.97 Å². The summed E-state index contributed by atoms with van der Waals surface area (Å²) >= 11 is 7.08. The molecular formula is C15H10ClFO3S. The van der Waals surface area contributed by atoms with Crippen molar-refractivity contribution in [2.75, 3.05) is 7.11 Å². The molecule has 2 aromatic rings. The van der Waals surface area contributed by atoms with Crippen molar-refractivity contribution in [3.63, 3.8) is 0 Å². The molecule has 108 valence electrons. The van der Waals surface area contributed by atoms with E-state index in [4.69, 9.17) is 16.3 Å². The Balaban J connectivity index is 2.51. The molecule has 0 N–H and O–H groups in total. The van der Waals surface area contributed by atoms with E-state index in [0.717, 1.165) is 17.8 Å². The van der Waals surface area contributed by atoms with Crippen molar-refractivity contribution in [2.45, 2.75) is 9.79 Å². The second-order valence-corrected chi connectivity index (χ2v) is 5.44. The Kier molecular flexibility index (Phi) is 4.98. The summed E-state index contributed by atoms with van der Waals surface area (Å²) < 4.78 is 18.4. The van der Waals surface area contributed by atoms with Crippen molar-refractivity contribution in [3.8, 4) is 0 Å². The highest BCUT2D eigenvalue weighted by atomic mass is 35.5. The van der Waals surface area contributed by atoms with Gasteiger partial charge in [-0.25, -0.2) is 9.18 Å². The summed E-state index contributed by atoms with van der Waals surface area (Å²) in [5, 5.41) is 0.239. The predicted molar refractivity (Wildman–Crippen MR) is 78.7 cm³/mol. The van der Waals surface area contributed by atoms with E-state index in [1.165, 1.54) is 13.2 Å². The van der Waals surface area contributed by atoms with Crippen LogP contribution in [0.3, 0.4) is 0 Å². The quantitative estimate of drug-likeness (QED) is 0.623. The molecule has 0 bridgehead atoms. The van der Waals surface area contributed by atoms with Crippen LogP contribution >= 0.6 is 23.4 Å². The van der Waals surface area contributed by atoms with E-state index in [9.17, 15) is 14.0 Å². The molecule has 0 fully saturated rings. The van der Waals surface area contributed by atoms with Crippen molar-refractivity contribution < 1.29 is 18.7 Å². The SMILES string of the molecule is COC(=O)c1ccccc1Sc1c(Cl)ccc(F)c1C=O. The van der Waals surface area contributed by atoms with Crippen molar-refractivity contribution in [1.82, 2.24) is 0 Å². The maximum absolute atomic E-state index is 13.7. The Morgan fingerprint density at radius 2 is 2.00 bits per heavy atom. The lowest BCUT2D eigenvalue weighted by Crippen LogP contribution is -2.03. The van der Waals surface area contributed by atoms with Gasteiger partial charge in [0.2, 0.25) is 0 Å². The minimum absolute atomic E-state index is 0.132. The fourth-order valence-electron chi connectivity index (χ4n) is 1.71. The normalized spacial score (nSPS) is 10.2. The number of ether oxygens (including phenoxy) is 1. The number of esters is 1. The minimum atomic E-state index is -0.660. The van der Waals surface area contributed by atoms with Gasteiger partial charge in [0.15, 0.2) is 6.29 Å². The average Bonchev–Trinajstić information content (AvgIpc) is 2.51. The first-order chi connectivity index (χ1) is 10.1. The Bertz CT molecular complexity index is 703. The molecule has 0 radical (unpaired) electrons. The Morgan fingerprint density at radius 3 is 2.67 bits per heavy atom. The topological polar surface area (TPSA) is 43.4 Å². The van der Waals surface area contributed by atoms with E-state index in [0.29, 0.717) is 16.7 Å². The zero-order valence-electron chi connectivity index (χ0n) is 10.9. The molecule has 3 nitrogen and oxygen atoms in total. The molecule has 0 atom stereocenters. The van der Waals surface area contributed by atoms with Crippen molar-refractivity contribution >= 4 is 35.6 Å². The fourth-order valence-corrected chi connectivity index (χ4v) is 3.04. The molecule has 6 heteroatoms. The molecule has 0 aromatic heterocycles. The smallest absolute Gasteiger partial charge is 0.339 e. The minimum Gasteiger partial charge on any atom is -0.465 e. The highest BCUT2D eigenvalue weighted by molar-refractivity contribution is 7.99. The largest absolute Gasteiger partial charge is 0.465 e. The van der Waals surface area contributed by atoms with Gasteiger partial charge in [0, 0.05) is 9.79 Å². The van der Waals surface area contributed by atoms with E-state index < -0.39 is 11.8 Å².